The van der Waals surface area contributed by atoms with E-state index in [2.05, 4.69) is 72.7 Å². The molecule has 73 heavy (non-hydrogen) atoms. The van der Waals surface area contributed by atoms with E-state index in [9.17, 15) is 14.4 Å². The van der Waals surface area contributed by atoms with Gasteiger partial charge in [0.2, 0.25) is 12.0 Å². The summed E-state index contributed by atoms with van der Waals surface area (Å²) >= 11 is 0. The van der Waals surface area contributed by atoms with Gasteiger partial charge in [0.15, 0.2) is 0 Å². The summed E-state index contributed by atoms with van der Waals surface area (Å²) in [5.41, 5.74) is 3.17. The van der Waals surface area contributed by atoms with Gasteiger partial charge in [0.05, 0.1) is 28.1 Å². The number of isocyanates is 1. The normalized spacial score (nSPS) is 13.9. The summed E-state index contributed by atoms with van der Waals surface area (Å²) in [5, 5.41) is 50.9. The molecule has 382 valence electrons. The quantitative estimate of drug-likeness (QED) is 0.126. The number of piperazine rings is 3. The Morgan fingerprint density at radius 1 is 0.658 bits per heavy atom. The molecule has 23 heteroatoms. The number of aromatic nitrogens is 5. The number of rotatable bonds is 6. The number of pyridine rings is 3. The molecule has 0 atom stereocenters. The van der Waals surface area contributed by atoms with Crippen molar-refractivity contribution in [2.24, 2.45) is 4.99 Å². The Hall–Kier alpha value is -8.73. The van der Waals surface area contributed by atoms with Gasteiger partial charge in [-0.05, 0) is 69.0 Å². The molecule has 8 rings (SSSR count). The molecule has 5 aromatic rings. The fourth-order valence-electron chi connectivity index (χ4n) is 6.46. The minimum atomic E-state index is -0.387. The Balaban J connectivity index is 0.000000208. The number of nitrogens with one attached hydrogen (secondary N) is 3. The monoisotopic (exact) mass is 995 g/mol. The molecule has 23 nitrogen and oxygen atoms in total. The van der Waals surface area contributed by atoms with Gasteiger partial charge in [-0.2, -0.15) is 21.0 Å². The maximum atomic E-state index is 12.3. The number of nitrogens with zero attached hydrogens (tertiary/aromatic N) is 14. The van der Waals surface area contributed by atoms with Crippen molar-refractivity contribution in [3.8, 4) is 24.3 Å². The summed E-state index contributed by atoms with van der Waals surface area (Å²) in [6.45, 7) is 23.3. The summed E-state index contributed by atoms with van der Waals surface area (Å²) < 4.78 is 15.1. The average molecular weight is 996 g/mol. The van der Waals surface area contributed by atoms with Crippen LogP contribution in [0.25, 0.3) is 0 Å². The van der Waals surface area contributed by atoms with E-state index in [0.717, 1.165) is 75.4 Å². The summed E-state index contributed by atoms with van der Waals surface area (Å²) in [6.07, 6.45) is 5.73. The second-order valence-electron chi connectivity index (χ2n) is 17.8. The number of anilines is 3. The molecule has 0 bridgehead atoms. The Morgan fingerprint density at radius 2 is 1.15 bits per heavy atom. The van der Waals surface area contributed by atoms with Crippen molar-refractivity contribution in [3.63, 3.8) is 0 Å². The second kappa shape index (κ2) is 29.5. The minimum Gasteiger partial charge on any atom is -0.444 e. The van der Waals surface area contributed by atoms with Crippen molar-refractivity contribution >= 4 is 41.6 Å². The molecule has 3 fully saturated rings. The molecule has 3 aliphatic rings. The van der Waals surface area contributed by atoms with Crippen LogP contribution < -0.4 is 25.8 Å². The van der Waals surface area contributed by atoms with Crippen molar-refractivity contribution in [3.05, 3.63) is 101 Å². The Morgan fingerprint density at radius 3 is 1.58 bits per heavy atom. The zero-order valence-electron chi connectivity index (χ0n) is 42.2. The molecule has 8 heterocycles. The fourth-order valence-corrected chi connectivity index (χ4v) is 6.46. The third-order valence-electron chi connectivity index (χ3n) is 10.5. The van der Waals surface area contributed by atoms with Crippen molar-refractivity contribution in [2.75, 3.05) is 93.7 Å². The number of aliphatic imine (C=N–C) groups is 1. The molecule has 0 saturated carbocycles. The number of carbonyl (C=O) groups excluding carboxylic acids is 3. The predicted molar refractivity (Wildman–Crippen MR) is 269 cm³/mol. The van der Waals surface area contributed by atoms with Crippen LogP contribution in [0.5, 0.6) is 0 Å². The first-order chi connectivity index (χ1) is 35.1. The largest absolute Gasteiger partial charge is 0.444 e. The lowest BCUT2D eigenvalue weighted by Gasteiger charge is -2.35. The first kappa shape index (κ1) is 56.9. The van der Waals surface area contributed by atoms with Crippen molar-refractivity contribution in [1.82, 2.24) is 45.7 Å². The Bertz CT molecular complexity index is 2670. The van der Waals surface area contributed by atoms with Crippen LogP contribution in [0.2, 0.25) is 0 Å². The summed E-state index contributed by atoms with van der Waals surface area (Å²) in [6, 6.07) is 21.4. The topological polar surface area (TPSA) is 308 Å². The number of ether oxygens (including phenoxy) is 1. The third kappa shape index (κ3) is 19.9. The van der Waals surface area contributed by atoms with Gasteiger partial charge in [-0.3, -0.25) is 5.32 Å². The van der Waals surface area contributed by atoms with E-state index in [0.29, 0.717) is 54.4 Å². The van der Waals surface area contributed by atoms with Gasteiger partial charge in [-0.25, -0.2) is 29.3 Å². The van der Waals surface area contributed by atoms with Crippen LogP contribution in [0, 0.1) is 45.3 Å². The van der Waals surface area contributed by atoms with Gasteiger partial charge in [0.1, 0.15) is 47.2 Å². The van der Waals surface area contributed by atoms with E-state index in [1.807, 2.05) is 78.8 Å². The van der Waals surface area contributed by atoms with Crippen LogP contribution in [0.4, 0.5) is 33.0 Å². The Kier molecular flexibility index (Phi) is 22.9. The lowest BCUT2D eigenvalue weighted by atomic mass is 10.1. The molecule has 3 aliphatic heterocycles. The zero-order chi connectivity index (χ0) is 53.2. The van der Waals surface area contributed by atoms with Gasteiger partial charge in [0.25, 0.3) is 5.88 Å². The number of hydrogen-bond donors (Lipinski definition) is 3. The highest BCUT2D eigenvalue weighted by atomic mass is 16.6. The molecular formula is C50H61N17O6. The Labute approximate surface area is 425 Å². The van der Waals surface area contributed by atoms with Crippen molar-refractivity contribution in [2.45, 2.75) is 65.9 Å². The van der Waals surface area contributed by atoms with Crippen LogP contribution in [0.3, 0.4) is 0 Å². The zero-order valence-corrected chi connectivity index (χ0v) is 42.2. The standard InChI is InChI=1S/C17H20N6O2.C10H12N4.C9H18N2O2.C7H3N3.C7H8N2O2/c1-12(2)14-9-16(25-21-14)20-17(24)23-7-5-22(6-8-23)15-4-3-13(10-18)11-19-15;11-7-9-1-2-10(13-8-9)14-5-3-12-4-6-14;1-9(2,3)13-8(12)11-6-4-10-5-7-11;8-3-6-1-2-7(4-9)10-5-6;1-5(2)6-3-7(8-4-10)11-9-6/h3-4,9,11-12H,5-8H2,1-2H3,(H,20,24);1-2,8,12H,3-6H2;10H,4-7H2,1-3H3;1-2,5H;3,5H,1-2H3. The molecule has 0 radical (unpaired) electrons. The van der Waals surface area contributed by atoms with Gasteiger partial charge in [0, 0.05) is 109 Å². The molecule has 3 saturated heterocycles. The molecule has 0 aliphatic carbocycles. The van der Waals surface area contributed by atoms with E-state index in [-0.39, 0.29) is 35.4 Å². The highest BCUT2D eigenvalue weighted by Gasteiger charge is 2.24. The molecule has 3 amide bonds. The molecule has 0 unspecified atom stereocenters. The summed E-state index contributed by atoms with van der Waals surface area (Å²) in [5.74, 6) is 2.89. The van der Waals surface area contributed by atoms with Crippen molar-refractivity contribution < 1.29 is 28.2 Å². The summed E-state index contributed by atoms with van der Waals surface area (Å²) in [7, 11) is 0. The maximum Gasteiger partial charge on any atom is 0.410 e. The van der Waals surface area contributed by atoms with E-state index >= 15 is 0 Å². The van der Waals surface area contributed by atoms with Crippen LogP contribution >= 0.6 is 0 Å². The smallest absolute Gasteiger partial charge is 0.410 e. The number of hydrogen-bond acceptors (Lipinski definition) is 20. The summed E-state index contributed by atoms with van der Waals surface area (Å²) in [4.78, 5) is 56.9. The molecule has 5 aromatic heterocycles. The highest BCUT2D eigenvalue weighted by molar-refractivity contribution is 5.88. The first-order valence-corrected chi connectivity index (χ1v) is 23.5. The number of nitriles is 4. The van der Waals surface area contributed by atoms with Gasteiger partial charge in [-0.15, -0.1) is 4.99 Å². The fraction of sp³-hybridized carbons (Fsp3) is 0.440. The van der Waals surface area contributed by atoms with Gasteiger partial charge in [-0.1, -0.05) is 38.0 Å². The van der Waals surface area contributed by atoms with E-state index in [4.69, 9.17) is 30.3 Å². The number of carbonyl (C=O) groups is 2. The van der Waals surface area contributed by atoms with E-state index < -0.39 is 0 Å². The third-order valence-corrected chi connectivity index (χ3v) is 10.5. The molecule has 0 spiro atoms. The molecule has 0 aromatic carbocycles. The molecule has 3 N–H and O–H groups in total. The average Bonchev–Trinajstić information content (AvgIpc) is 4.10. The lowest BCUT2D eigenvalue weighted by molar-refractivity contribution is 0.0228. The predicted octanol–water partition coefficient (Wildman–Crippen LogP) is 6.20. The maximum absolute atomic E-state index is 12.3. The first-order valence-electron chi connectivity index (χ1n) is 23.5. The number of amides is 3. The lowest BCUT2D eigenvalue weighted by Crippen LogP contribution is -2.50. The number of urea groups is 1. The van der Waals surface area contributed by atoms with Crippen molar-refractivity contribution in [1.29, 1.82) is 21.0 Å². The SMILES string of the molecule is CC(C)(C)OC(=O)N1CCNCC1.CC(C)c1cc(N=C=O)on1.CC(C)c1cc(NC(=O)N2CCN(c3ccc(C#N)cn3)CC2)on1.N#Cc1ccc(C#N)nc1.N#Cc1ccc(N2CCNCC2)nc1. The van der Waals surface area contributed by atoms with Gasteiger partial charge < -0.3 is 44.0 Å². The van der Waals surface area contributed by atoms with Gasteiger partial charge >= 0.3 is 12.1 Å². The van der Waals surface area contributed by atoms with Crippen LogP contribution in [-0.2, 0) is 9.53 Å². The molecular weight excluding hydrogens is 935 g/mol. The highest BCUT2D eigenvalue weighted by Crippen LogP contribution is 2.20. The van der Waals surface area contributed by atoms with E-state index in [1.54, 1.807) is 46.5 Å². The second-order valence-corrected chi connectivity index (χ2v) is 17.8. The van der Waals surface area contributed by atoms with Crippen LogP contribution in [0.15, 0.2) is 81.2 Å². The van der Waals surface area contributed by atoms with Crippen LogP contribution in [-0.4, -0.2) is 137 Å². The van der Waals surface area contributed by atoms with Crippen LogP contribution in [0.1, 0.15) is 94.1 Å². The van der Waals surface area contributed by atoms with E-state index in [1.165, 1.54) is 18.3 Å². The minimum absolute atomic E-state index is 0.195.